The lowest BCUT2D eigenvalue weighted by atomic mass is 9.81. The predicted octanol–water partition coefficient (Wildman–Crippen LogP) is 2.20. The van der Waals surface area contributed by atoms with Gasteiger partial charge >= 0.3 is 5.97 Å². The fraction of sp³-hybridized carbons (Fsp3) is 0.467. The largest absolute Gasteiger partial charge is 0.460 e. The van der Waals surface area contributed by atoms with Crippen LogP contribution < -0.4 is 0 Å². The summed E-state index contributed by atoms with van der Waals surface area (Å²) in [6, 6.07) is 0. The van der Waals surface area contributed by atoms with E-state index in [4.69, 9.17) is 4.74 Å². The van der Waals surface area contributed by atoms with Gasteiger partial charge in [-0.05, 0) is 25.5 Å². The first-order valence-electron chi connectivity index (χ1n) is 6.32. The fourth-order valence-corrected chi connectivity index (χ4v) is 3.29. The summed E-state index contributed by atoms with van der Waals surface area (Å²) >= 11 is 0. The first-order valence-corrected chi connectivity index (χ1v) is 6.32. The van der Waals surface area contributed by atoms with Crippen molar-refractivity contribution in [3.63, 3.8) is 0 Å². The van der Waals surface area contributed by atoms with Crippen LogP contribution in [0.5, 0.6) is 0 Å². The average molecular weight is 244 g/mol. The summed E-state index contributed by atoms with van der Waals surface area (Å²) in [5.74, 6) is -0.186. The molecule has 0 amide bonds. The van der Waals surface area contributed by atoms with Gasteiger partial charge in [0.15, 0.2) is 5.78 Å². The van der Waals surface area contributed by atoms with Crippen LogP contribution in [0.1, 0.15) is 20.8 Å². The van der Waals surface area contributed by atoms with Crippen LogP contribution in [0, 0.1) is 17.8 Å². The van der Waals surface area contributed by atoms with Gasteiger partial charge in [0.2, 0.25) is 0 Å². The minimum Gasteiger partial charge on any atom is -0.460 e. The van der Waals surface area contributed by atoms with Crippen LogP contribution in [0.2, 0.25) is 0 Å². The third kappa shape index (κ3) is 1.36. The molecule has 3 rings (SSSR count). The van der Waals surface area contributed by atoms with E-state index in [9.17, 15) is 9.59 Å². The molecule has 1 fully saturated rings. The molecule has 1 heterocycles. The van der Waals surface area contributed by atoms with Crippen LogP contribution >= 0.6 is 0 Å². The van der Waals surface area contributed by atoms with E-state index in [1.54, 1.807) is 6.08 Å². The van der Waals surface area contributed by atoms with E-state index in [0.717, 1.165) is 16.7 Å². The fourth-order valence-electron chi connectivity index (χ4n) is 3.29. The SMILES string of the molecule is CC1=CC(=O)C2=C(C)C=CC3C(C)C(=O)OC3C12. The van der Waals surface area contributed by atoms with Crippen molar-refractivity contribution in [3.8, 4) is 0 Å². The molecule has 1 aliphatic heterocycles. The van der Waals surface area contributed by atoms with Crippen molar-refractivity contribution in [1.29, 1.82) is 0 Å². The third-order valence-corrected chi connectivity index (χ3v) is 4.33. The van der Waals surface area contributed by atoms with Gasteiger partial charge in [-0.25, -0.2) is 0 Å². The van der Waals surface area contributed by atoms with Crippen molar-refractivity contribution in [2.24, 2.45) is 17.8 Å². The van der Waals surface area contributed by atoms with Crippen molar-refractivity contribution >= 4 is 11.8 Å². The Labute approximate surface area is 106 Å². The lowest BCUT2D eigenvalue weighted by Gasteiger charge is -2.23. The quantitative estimate of drug-likeness (QED) is 0.613. The van der Waals surface area contributed by atoms with Crippen LogP contribution in [-0.2, 0) is 14.3 Å². The van der Waals surface area contributed by atoms with Crippen molar-refractivity contribution in [3.05, 3.63) is 34.9 Å². The number of ether oxygens (including phenoxy) is 1. The highest BCUT2D eigenvalue weighted by atomic mass is 16.6. The van der Waals surface area contributed by atoms with E-state index in [2.05, 4.69) is 0 Å². The second kappa shape index (κ2) is 3.67. The first kappa shape index (κ1) is 11.5. The molecule has 94 valence electrons. The zero-order valence-electron chi connectivity index (χ0n) is 10.8. The molecule has 0 N–H and O–H groups in total. The molecule has 3 aliphatic rings. The highest BCUT2D eigenvalue weighted by Crippen LogP contribution is 2.45. The summed E-state index contributed by atoms with van der Waals surface area (Å²) in [6.45, 7) is 5.80. The maximum absolute atomic E-state index is 12.0. The van der Waals surface area contributed by atoms with Crippen LogP contribution in [0.3, 0.4) is 0 Å². The summed E-state index contributed by atoms with van der Waals surface area (Å²) in [5.41, 5.74) is 2.81. The molecule has 3 nitrogen and oxygen atoms in total. The van der Waals surface area contributed by atoms with Crippen LogP contribution in [0.25, 0.3) is 0 Å². The molecule has 3 heteroatoms. The normalized spacial score (nSPS) is 38.3. The van der Waals surface area contributed by atoms with Crippen LogP contribution in [0.4, 0.5) is 0 Å². The molecule has 4 atom stereocenters. The molecular weight excluding hydrogens is 228 g/mol. The molecule has 4 unspecified atom stereocenters. The van der Waals surface area contributed by atoms with E-state index in [0.29, 0.717) is 0 Å². The summed E-state index contributed by atoms with van der Waals surface area (Å²) < 4.78 is 5.52. The zero-order valence-corrected chi connectivity index (χ0v) is 10.8. The Morgan fingerprint density at radius 1 is 1.22 bits per heavy atom. The van der Waals surface area contributed by atoms with E-state index in [1.165, 1.54) is 0 Å². The van der Waals surface area contributed by atoms with Gasteiger partial charge < -0.3 is 4.74 Å². The highest BCUT2D eigenvalue weighted by Gasteiger charge is 2.49. The molecule has 0 aromatic rings. The van der Waals surface area contributed by atoms with Gasteiger partial charge in [-0.2, -0.15) is 0 Å². The highest BCUT2D eigenvalue weighted by molar-refractivity contribution is 6.09. The van der Waals surface area contributed by atoms with E-state index in [1.807, 2.05) is 32.9 Å². The molecule has 1 saturated heterocycles. The van der Waals surface area contributed by atoms with Crippen molar-refractivity contribution in [2.75, 3.05) is 0 Å². The lowest BCUT2D eigenvalue weighted by Crippen LogP contribution is -2.27. The second-order valence-electron chi connectivity index (χ2n) is 5.45. The van der Waals surface area contributed by atoms with Crippen LogP contribution in [0.15, 0.2) is 34.9 Å². The Balaban J connectivity index is 2.12. The minimum absolute atomic E-state index is 0.0496. The van der Waals surface area contributed by atoms with Gasteiger partial charge in [-0.1, -0.05) is 24.6 Å². The van der Waals surface area contributed by atoms with Gasteiger partial charge in [0, 0.05) is 17.4 Å². The van der Waals surface area contributed by atoms with Gasteiger partial charge in [0.25, 0.3) is 0 Å². The Morgan fingerprint density at radius 3 is 2.67 bits per heavy atom. The molecular formula is C15H16O3. The van der Waals surface area contributed by atoms with Gasteiger partial charge in [0.1, 0.15) is 6.10 Å². The Hall–Kier alpha value is -1.64. The summed E-state index contributed by atoms with van der Waals surface area (Å²) in [6.07, 6.45) is 5.47. The van der Waals surface area contributed by atoms with Gasteiger partial charge in [0.05, 0.1) is 5.92 Å². The summed E-state index contributed by atoms with van der Waals surface area (Å²) in [4.78, 5) is 23.8. The van der Waals surface area contributed by atoms with Crippen LogP contribution in [-0.4, -0.2) is 17.9 Å². The topological polar surface area (TPSA) is 43.4 Å². The number of hydrogen-bond acceptors (Lipinski definition) is 3. The second-order valence-corrected chi connectivity index (χ2v) is 5.45. The Morgan fingerprint density at radius 2 is 1.94 bits per heavy atom. The third-order valence-electron chi connectivity index (χ3n) is 4.33. The standard InChI is InChI=1S/C15H16O3/c1-7-4-5-10-9(3)15(17)18-14(10)13-8(2)6-11(16)12(7)13/h4-6,9-10,13-14H,1-3H3. The number of carbonyl (C=O) groups is 2. The average Bonchev–Trinajstić information content (AvgIpc) is 2.68. The van der Waals surface area contributed by atoms with Crippen molar-refractivity contribution in [1.82, 2.24) is 0 Å². The van der Waals surface area contributed by atoms with E-state index < -0.39 is 0 Å². The predicted molar refractivity (Wildman–Crippen MR) is 66.6 cm³/mol. The number of ketones is 1. The molecule has 2 aliphatic carbocycles. The molecule has 0 aromatic carbocycles. The number of allylic oxidation sites excluding steroid dienone is 3. The summed E-state index contributed by atoms with van der Waals surface area (Å²) in [5, 5.41) is 0. The number of esters is 1. The van der Waals surface area contributed by atoms with E-state index >= 15 is 0 Å². The first-order chi connectivity index (χ1) is 8.50. The number of rotatable bonds is 0. The van der Waals surface area contributed by atoms with E-state index in [-0.39, 0.29) is 35.6 Å². The molecule has 0 radical (unpaired) electrons. The molecule has 0 bridgehead atoms. The lowest BCUT2D eigenvalue weighted by molar-refractivity contribution is -0.144. The minimum atomic E-state index is -0.209. The monoisotopic (exact) mass is 244 g/mol. The Bertz CT molecular complexity index is 536. The molecule has 0 saturated carbocycles. The number of fused-ring (bicyclic) bond motifs is 3. The van der Waals surface area contributed by atoms with Gasteiger partial charge in [-0.3, -0.25) is 9.59 Å². The zero-order chi connectivity index (χ0) is 13.0. The maximum atomic E-state index is 12.0. The van der Waals surface area contributed by atoms with Crippen molar-refractivity contribution < 1.29 is 14.3 Å². The molecule has 18 heavy (non-hydrogen) atoms. The number of hydrogen-bond donors (Lipinski definition) is 0. The maximum Gasteiger partial charge on any atom is 0.309 e. The summed E-state index contributed by atoms with van der Waals surface area (Å²) in [7, 11) is 0. The number of carbonyl (C=O) groups excluding carboxylic acids is 2. The van der Waals surface area contributed by atoms with Gasteiger partial charge in [-0.15, -0.1) is 0 Å². The Kier molecular flexibility index (Phi) is 2.34. The smallest absolute Gasteiger partial charge is 0.309 e. The molecule has 0 spiro atoms. The molecule has 0 aromatic heterocycles. The van der Waals surface area contributed by atoms with Crippen molar-refractivity contribution in [2.45, 2.75) is 26.9 Å².